The molecule has 9 heteroatoms. The van der Waals surface area contributed by atoms with Crippen LogP contribution in [0.3, 0.4) is 0 Å². The van der Waals surface area contributed by atoms with E-state index >= 15 is 0 Å². The summed E-state index contributed by atoms with van der Waals surface area (Å²) in [5, 5.41) is 10.6. The van der Waals surface area contributed by atoms with Crippen molar-refractivity contribution in [3.8, 4) is 0 Å². The predicted molar refractivity (Wildman–Crippen MR) is 78.9 cm³/mol. The van der Waals surface area contributed by atoms with E-state index < -0.39 is 16.2 Å². The topological polar surface area (TPSA) is 98.0 Å². The number of H-pyrrole nitrogens is 1. The third-order valence-electron chi connectivity index (χ3n) is 2.56. The first-order valence-electron chi connectivity index (χ1n) is 5.30. The number of nitrogens with one attached hydrogen (secondary N) is 1. The number of aromatic nitrogens is 2. The molecule has 0 atom stereocenters. The molecule has 1 N–H and O–H groups in total. The van der Waals surface area contributed by atoms with Crippen LogP contribution in [0.5, 0.6) is 0 Å². The molecule has 104 valence electrons. The van der Waals surface area contributed by atoms with E-state index in [-0.39, 0.29) is 16.7 Å². The molecule has 0 spiro atoms. The zero-order valence-corrected chi connectivity index (χ0v) is 13.0. The molecular formula is C11H7Br2N3O4. The largest absolute Gasteiger partial charge is 0.328 e. The van der Waals surface area contributed by atoms with Gasteiger partial charge in [0.1, 0.15) is 0 Å². The molecule has 20 heavy (non-hydrogen) atoms. The van der Waals surface area contributed by atoms with Gasteiger partial charge in [-0.3, -0.25) is 24.5 Å². The van der Waals surface area contributed by atoms with Crippen molar-refractivity contribution in [1.82, 2.24) is 9.55 Å². The van der Waals surface area contributed by atoms with Crippen LogP contribution in [-0.4, -0.2) is 14.5 Å². The Bertz CT molecular complexity index is 797. The maximum absolute atomic E-state index is 11.6. The van der Waals surface area contributed by atoms with Crippen LogP contribution in [0, 0.1) is 10.1 Å². The molecule has 0 aliphatic heterocycles. The van der Waals surface area contributed by atoms with E-state index in [2.05, 4.69) is 36.8 Å². The standard InChI is InChI=1S/C11H7Br2N3O4/c12-8-3-7(16(19)20)2-1-6(8)4-15-5-9(13)10(17)14-11(15)18/h1-3,5H,4H2,(H,14,17,18). The lowest BCUT2D eigenvalue weighted by Crippen LogP contribution is -2.30. The van der Waals surface area contributed by atoms with Gasteiger partial charge in [-0.05, 0) is 27.6 Å². The Morgan fingerprint density at radius 1 is 1.25 bits per heavy atom. The van der Waals surface area contributed by atoms with Gasteiger partial charge in [-0.25, -0.2) is 4.79 Å². The number of benzene rings is 1. The molecular weight excluding hydrogens is 398 g/mol. The smallest absolute Gasteiger partial charge is 0.295 e. The normalized spacial score (nSPS) is 10.5. The molecule has 0 bridgehead atoms. The first-order chi connectivity index (χ1) is 9.38. The van der Waals surface area contributed by atoms with E-state index in [0.29, 0.717) is 10.0 Å². The molecule has 2 aromatic rings. The third-order valence-corrected chi connectivity index (χ3v) is 3.86. The second-order valence-corrected chi connectivity index (χ2v) is 5.61. The molecule has 0 saturated heterocycles. The van der Waals surface area contributed by atoms with Crippen molar-refractivity contribution in [3.63, 3.8) is 0 Å². The molecule has 1 aromatic carbocycles. The fourth-order valence-corrected chi connectivity index (χ4v) is 2.40. The van der Waals surface area contributed by atoms with Gasteiger partial charge >= 0.3 is 5.69 Å². The van der Waals surface area contributed by atoms with E-state index in [1.165, 1.54) is 22.9 Å². The molecule has 0 radical (unpaired) electrons. The van der Waals surface area contributed by atoms with Crippen LogP contribution in [0.4, 0.5) is 5.69 Å². The monoisotopic (exact) mass is 403 g/mol. The summed E-state index contributed by atoms with van der Waals surface area (Å²) in [5.74, 6) is 0. The second-order valence-electron chi connectivity index (χ2n) is 3.90. The first-order valence-corrected chi connectivity index (χ1v) is 6.89. The van der Waals surface area contributed by atoms with Crippen molar-refractivity contribution >= 4 is 37.5 Å². The van der Waals surface area contributed by atoms with Crippen molar-refractivity contribution in [2.75, 3.05) is 0 Å². The number of nitro groups is 1. The lowest BCUT2D eigenvalue weighted by atomic mass is 10.2. The molecule has 1 heterocycles. The van der Waals surface area contributed by atoms with E-state index in [4.69, 9.17) is 0 Å². The summed E-state index contributed by atoms with van der Waals surface area (Å²) < 4.78 is 2.04. The summed E-state index contributed by atoms with van der Waals surface area (Å²) in [6, 6.07) is 4.26. The average molecular weight is 405 g/mol. The summed E-state index contributed by atoms with van der Waals surface area (Å²) in [7, 11) is 0. The van der Waals surface area contributed by atoms with E-state index in [1.54, 1.807) is 6.07 Å². The van der Waals surface area contributed by atoms with E-state index in [9.17, 15) is 19.7 Å². The lowest BCUT2D eigenvalue weighted by Gasteiger charge is -2.07. The highest BCUT2D eigenvalue weighted by Crippen LogP contribution is 2.23. The summed E-state index contributed by atoms with van der Waals surface area (Å²) in [6.07, 6.45) is 1.37. The molecule has 0 amide bonds. The minimum Gasteiger partial charge on any atom is -0.295 e. The van der Waals surface area contributed by atoms with E-state index in [1.807, 2.05) is 0 Å². The highest BCUT2D eigenvalue weighted by Gasteiger charge is 2.10. The summed E-state index contributed by atoms with van der Waals surface area (Å²) in [5.41, 5.74) is -0.426. The Morgan fingerprint density at radius 2 is 1.95 bits per heavy atom. The molecule has 0 aliphatic rings. The zero-order valence-electron chi connectivity index (χ0n) is 9.80. The van der Waals surface area contributed by atoms with Crippen LogP contribution in [0.2, 0.25) is 0 Å². The zero-order chi connectivity index (χ0) is 14.9. The number of hydrogen-bond donors (Lipinski definition) is 1. The van der Waals surface area contributed by atoms with Crippen molar-refractivity contribution < 1.29 is 4.92 Å². The third kappa shape index (κ3) is 3.05. The van der Waals surface area contributed by atoms with Gasteiger partial charge in [0.25, 0.3) is 11.2 Å². The SMILES string of the molecule is O=c1[nH]c(=O)n(Cc2ccc([N+](=O)[O-])cc2Br)cc1Br. The van der Waals surface area contributed by atoms with Crippen LogP contribution in [-0.2, 0) is 6.54 Å². The second kappa shape index (κ2) is 5.71. The molecule has 2 rings (SSSR count). The first kappa shape index (κ1) is 14.7. The molecule has 7 nitrogen and oxygen atoms in total. The number of aromatic amines is 1. The number of hydrogen-bond acceptors (Lipinski definition) is 4. The van der Waals surface area contributed by atoms with Crippen LogP contribution in [0.1, 0.15) is 5.56 Å². The van der Waals surface area contributed by atoms with E-state index in [0.717, 1.165) is 0 Å². The Kier molecular flexibility index (Phi) is 4.19. The van der Waals surface area contributed by atoms with Crippen LogP contribution < -0.4 is 11.2 Å². The Balaban J connectivity index is 2.40. The Morgan fingerprint density at radius 3 is 2.55 bits per heavy atom. The summed E-state index contributed by atoms with van der Waals surface area (Å²) in [4.78, 5) is 35.2. The van der Waals surface area contributed by atoms with Gasteiger partial charge in [0, 0.05) is 22.8 Å². The molecule has 0 unspecified atom stereocenters. The number of halogens is 2. The van der Waals surface area contributed by atoms with Crippen molar-refractivity contribution in [2.45, 2.75) is 6.54 Å². The van der Waals surface area contributed by atoms with Gasteiger partial charge in [0.05, 0.1) is 15.9 Å². The van der Waals surface area contributed by atoms with Gasteiger partial charge in [0.15, 0.2) is 0 Å². The molecule has 0 fully saturated rings. The number of nitrogens with zero attached hydrogens (tertiary/aromatic N) is 2. The minimum atomic E-state index is -0.552. The fraction of sp³-hybridized carbons (Fsp3) is 0.0909. The number of rotatable bonds is 3. The van der Waals surface area contributed by atoms with Crippen molar-refractivity contribution in [2.24, 2.45) is 0 Å². The maximum atomic E-state index is 11.6. The molecule has 0 saturated carbocycles. The Labute approximate surface area is 128 Å². The molecule has 0 aliphatic carbocycles. The lowest BCUT2D eigenvalue weighted by molar-refractivity contribution is -0.384. The Hall–Kier alpha value is -1.74. The van der Waals surface area contributed by atoms with Gasteiger partial charge in [-0.15, -0.1) is 0 Å². The quantitative estimate of drug-likeness (QED) is 0.624. The van der Waals surface area contributed by atoms with Gasteiger partial charge in [-0.1, -0.05) is 15.9 Å². The summed E-state index contributed by atoms with van der Waals surface area (Å²) >= 11 is 6.27. The van der Waals surface area contributed by atoms with Gasteiger partial charge in [0.2, 0.25) is 0 Å². The van der Waals surface area contributed by atoms with Gasteiger partial charge in [-0.2, -0.15) is 0 Å². The van der Waals surface area contributed by atoms with Crippen LogP contribution in [0.25, 0.3) is 0 Å². The summed E-state index contributed by atoms with van der Waals surface area (Å²) in [6.45, 7) is 0.173. The van der Waals surface area contributed by atoms with Crippen molar-refractivity contribution in [3.05, 3.63) is 69.9 Å². The maximum Gasteiger partial charge on any atom is 0.328 e. The highest BCUT2D eigenvalue weighted by atomic mass is 79.9. The minimum absolute atomic E-state index is 0.0457. The van der Waals surface area contributed by atoms with Crippen LogP contribution in [0.15, 0.2) is 42.9 Å². The highest BCUT2D eigenvalue weighted by molar-refractivity contribution is 9.10. The predicted octanol–water partition coefficient (Wildman–Crippen LogP) is 2.02. The number of nitro benzene ring substituents is 1. The van der Waals surface area contributed by atoms with Crippen LogP contribution >= 0.6 is 31.9 Å². The average Bonchev–Trinajstić information content (AvgIpc) is 2.37. The number of non-ortho nitro benzene ring substituents is 1. The van der Waals surface area contributed by atoms with Gasteiger partial charge < -0.3 is 0 Å². The fourth-order valence-electron chi connectivity index (χ4n) is 1.56. The van der Waals surface area contributed by atoms with Crippen molar-refractivity contribution in [1.29, 1.82) is 0 Å². The molecule has 1 aromatic heterocycles.